The molecule has 126 valence electrons. The van der Waals surface area contributed by atoms with E-state index in [0.717, 1.165) is 18.4 Å². The molecule has 3 heterocycles. The molecule has 1 aliphatic heterocycles. The van der Waals surface area contributed by atoms with E-state index in [1.165, 1.54) is 12.1 Å². The molecule has 0 N–H and O–H groups in total. The van der Waals surface area contributed by atoms with Crippen molar-refractivity contribution in [1.82, 2.24) is 9.97 Å². The third kappa shape index (κ3) is 4.18. The van der Waals surface area contributed by atoms with Crippen LogP contribution in [-0.2, 0) is 0 Å². The third-order valence-corrected chi connectivity index (χ3v) is 3.86. The van der Waals surface area contributed by atoms with Crippen LogP contribution in [0.25, 0.3) is 0 Å². The van der Waals surface area contributed by atoms with Gasteiger partial charge in [-0.1, -0.05) is 17.6 Å². The van der Waals surface area contributed by atoms with E-state index < -0.39 is 10.9 Å². The first kappa shape index (κ1) is 16.6. The summed E-state index contributed by atoms with van der Waals surface area (Å²) in [7, 11) is 0. The molecule has 3 rings (SSSR count). The van der Waals surface area contributed by atoms with Crippen molar-refractivity contribution in [2.24, 2.45) is 0 Å². The maximum atomic E-state index is 13.0. The topological polar surface area (TPSA) is 72.2 Å². The molecule has 0 radical (unpaired) electrons. The number of halogens is 1. The van der Waals surface area contributed by atoms with Gasteiger partial charge < -0.3 is 4.90 Å². The number of nitro groups is 1. The lowest BCUT2D eigenvalue weighted by atomic mass is 10.0. The van der Waals surface area contributed by atoms with Gasteiger partial charge in [0.15, 0.2) is 0 Å². The standard InChI is InChI=1S/C18H15FN4O2/c19-17-8-2-6-15(21-17)5-1-4-14-9-12-22(13-10-14)18-16(23(24)25)7-3-11-20-18/h2-4,6-8,11H,9-10,12-13H2. The van der Waals surface area contributed by atoms with E-state index in [1.54, 1.807) is 24.4 Å². The zero-order valence-corrected chi connectivity index (χ0v) is 13.4. The van der Waals surface area contributed by atoms with Gasteiger partial charge in [-0.2, -0.15) is 4.39 Å². The van der Waals surface area contributed by atoms with E-state index >= 15 is 0 Å². The molecule has 1 aliphatic rings. The van der Waals surface area contributed by atoms with E-state index in [1.807, 2.05) is 11.0 Å². The molecule has 0 spiro atoms. The minimum Gasteiger partial charge on any atom is -0.350 e. The second kappa shape index (κ2) is 7.53. The first-order valence-electron chi connectivity index (χ1n) is 7.80. The fraction of sp³-hybridized carbons (Fsp3) is 0.222. The molecule has 25 heavy (non-hydrogen) atoms. The van der Waals surface area contributed by atoms with Crippen LogP contribution >= 0.6 is 0 Å². The van der Waals surface area contributed by atoms with Crippen molar-refractivity contribution in [3.8, 4) is 11.8 Å². The average molecular weight is 338 g/mol. The van der Waals surface area contributed by atoms with Crippen molar-refractivity contribution >= 4 is 11.5 Å². The second-order valence-corrected chi connectivity index (χ2v) is 5.51. The second-order valence-electron chi connectivity index (χ2n) is 5.51. The molecule has 0 unspecified atom stereocenters. The van der Waals surface area contributed by atoms with Gasteiger partial charge in [-0.3, -0.25) is 10.1 Å². The first-order valence-corrected chi connectivity index (χ1v) is 7.80. The summed E-state index contributed by atoms with van der Waals surface area (Å²) >= 11 is 0. The maximum Gasteiger partial charge on any atom is 0.311 e. The fourth-order valence-electron chi connectivity index (χ4n) is 2.61. The van der Waals surface area contributed by atoms with E-state index in [4.69, 9.17) is 0 Å². The van der Waals surface area contributed by atoms with Gasteiger partial charge in [-0.15, -0.1) is 0 Å². The van der Waals surface area contributed by atoms with E-state index in [9.17, 15) is 14.5 Å². The largest absolute Gasteiger partial charge is 0.350 e. The summed E-state index contributed by atoms with van der Waals surface area (Å²) in [5, 5.41) is 11.1. The fourth-order valence-corrected chi connectivity index (χ4v) is 2.61. The number of aromatic nitrogens is 2. The molecule has 1 fully saturated rings. The number of hydrogen-bond acceptors (Lipinski definition) is 5. The lowest BCUT2D eigenvalue weighted by Gasteiger charge is -2.28. The smallest absolute Gasteiger partial charge is 0.311 e. The Bertz CT molecular complexity index is 876. The van der Waals surface area contributed by atoms with Crippen LogP contribution in [0.2, 0.25) is 0 Å². The molecule has 2 aromatic heterocycles. The Balaban J connectivity index is 1.66. The van der Waals surface area contributed by atoms with Crippen LogP contribution in [0.1, 0.15) is 18.5 Å². The van der Waals surface area contributed by atoms with Crippen molar-refractivity contribution in [1.29, 1.82) is 0 Å². The Hall–Kier alpha value is -3.27. The normalized spacial score (nSPS) is 13.8. The van der Waals surface area contributed by atoms with Crippen LogP contribution in [0.3, 0.4) is 0 Å². The molecule has 2 aromatic rings. The highest BCUT2D eigenvalue weighted by atomic mass is 19.1. The number of hydrogen-bond donors (Lipinski definition) is 0. The average Bonchev–Trinajstić information content (AvgIpc) is 2.62. The van der Waals surface area contributed by atoms with Crippen molar-refractivity contribution in [3.05, 3.63) is 69.9 Å². The highest BCUT2D eigenvalue weighted by Gasteiger charge is 2.23. The van der Waals surface area contributed by atoms with Crippen LogP contribution < -0.4 is 4.90 Å². The number of pyridine rings is 2. The van der Waals surface area contributed by atoms with Gasteiger partial charge in [0.25, 0.3) is 0 Å². The molecule has 0 bridgehead atoms. The Morgan fingerprint density at radius 1 is 1.24 bits per heavy atom. The van der Waals surface area contributed by atoms with Crippen molar-refractivity contribution < 1.29 is 9.31 Å². The van der Waals surface area contributed by atoms with Gasteiger partial charge >= 0.3 is 5.69 Å². The van der Waals surface area contributed by atoms with E-state index in [0.29, 0.717) is 24.6 Å². The summed E-state index contributed by atoms with van der Waals surface area (Å²) in [6.45, 7) is 1.28. The van der Waals surface area contributed by atoms with Gasteiger partial charge in [-0.05, 0) is 43.0 Å². The number of rotatable bonds is 2. The van der Waals surface area contributed by atoms with Gasteiger partial charge in [0, 0.05) is 25.4 Å². The molecule has 0 saturated carbocycles. The Labute approximate surface area is 144 Å². The lowest BCUT2D eigenvalue weighted by molar-refractivity contribution is -0.384. The van der Waals surface area contributed by atoms with E-state index in [2.05, 4.69) is 21.8 Å². The molecule has 7 heteroatoms. The van der Waals surface area contributed by atoms with Crippen LogP contribution in [0.5, 0.6) is 0 Å². The summed E-state index contributed by atoms with van der Waals surface area (Å²) in [6, 6.07) is 7.52. The molecule has 0 aliphatic carbocycles. The van der Waals surface area contributed by atoms with Gasteiger partial charge in [0.2, 0.25) is 11.8 Å². The quantitative estimate of drug-likeness (QED) is 0.364. The van der Waals surface area contributed by atoms with E-state index in [-0.39, 0.29) is 5.69 Å². The van der Waals surface area contributed by atoms with Gasteiger partial charge in [-0.25, -0.2) is 9.97 Å². The van der Waals surface area contributed by atoms with Crippen LogP contribution in [0.4, 0.5) is 15.9 Å². The van der Waals surface area contributed by atoms with Crippen molar-refractivity contribution in [3.63, 3.8) is 0 Å². The number of anilines is 1. The SMILES string of the molecule is O=[N+]([O-])c1cccnc1N1CCC(=CC#Cc2cccc(F)n2)CC1. The molecule has 6 nitrogen and oxygen atoms in total. The van der Waals surface area contributed by atoms with Crippen LogP contribution in [0.15, 0.2) is 48.2 Å². The molecular formula is C18H15FN4O2. The highest BCUT2D eigenvalue weighted by molar-refractivity contribution is 5.57. The maximum absolute atomic E-state index is 13.0. The number of allylic oxidation sites excluding steroid dienone is 1. The Morgan fingerprint density at radius 3 is 2.76 bits per heavy atom. The Morgan fingerprint density at radius 2 is 2.04 bits per heavy atom. The summed E-state index contributed by atoms with van der Waals surface area (Å²) < 4.78 is 13.0. The summed E-state index contributed by atoms with van der Waals surface area (Å²) in [5.41, 5.74) is 1.56. The van der Waals surface area contributed by atoms with Crippen LogP contribution in [0, 0.1) is 27.9 Å². The minimum atomic E-state index is -0.551. The highest BCUT2D eigenvalue weighted by Crippen LogP contribution is 2.28. The number of nitrogens with zero attached hydrogens (tertiary/aromatic N) is 4. The van der Waals surface area contributed by atoms with Gasteiger partial charge in [0.1, 0.15) is 5.69 Å². The minimum absolute atomic E-state index is 0.0203. The van der Waals surface area contributed by atoms with Crippen LogP contribution in [-0.4, -0.2) is 28.0 Å². The summed E-state index contributed by atoms with van der Waals surface area (Å²) in [4.78, 5) is 20.4. The molecule has 1 saturated heterocycles. The summed E-state index contributed by atoms with van der Waals surface area (Å²) in [5.74, 6) is 5.56. The predicted molar refractivity (Wildman–Crippen MR) is 91.5 cm³/mol. The first-order chi connectivity index (χ1) is 12.1. The number of piperidine rings is 1. The monoisotopic (exact) mass is 338 g/mol. The van der Waals surface area contributed by atoms with Crippen molar-refractivity contribution in [2.45, 2.75) is 12.8 Å². The van der Waals surface area contributed by atoms with Gasteiger partial charge in [0.05, 0.1) is 4.92 Å². The van der Waals surface area contributed by atoms with Crippen molar-refractivity contribution in [2.75, 3.05) is 18.0 Å². The molecule has 0 amide bonds. The summed E-state index contributed by atoms with van der Waals surface area (Å²) in [6.07, 6.45) is 4.87. The molecule has 0 aromatic carbocycles. The molecule has 0 atom stereocenters. The molecular weight excluding hydrogens is 323 g/mol. The predicted octanol–water partition coefficient (Wildman–Crippen LogP) is 3.10. The lowest BCUT2D eigenvalue weighted by Crippen LogP contribution is -2.31. The zero-order chi connectivity index (χ0) is 17.6. The Kier molecular flexibility index (Phi) is 5.00. The zero-order valence-electron chi connectivity index (χ0n) is 13.4. The third-order valence-electron chi connectivity index (χ3n) is 3.86.